The smallest absolute Gasteiger partial charge is 0.144 e. The van der Waals surface area contributed by atoms with E-state index in [0.717, 1.165) is 60.6 Å². The number of fused-ring (bicyclic) bond motifs is 1. The highest BCUT2D eigenvalue weighted by Gasteiger charge is 2.19. The molecule has 1 aliphatic rings. The number of piperazine rings is 1. The maximum atomic E-state index is 9.80. The van der Waals surface area contributed by atoms with E-state index in [4.69, 9.17) is 5.73 Å². The lowest BCUT2D eigenvalue weighted by atomic mass is 10.1. The van der Waals surface area contributed by atoms with Crippen LogP contribution in [0.1, 0.15) is 16.7 Å². The summed E-state index contributed by atoms with van der Waals surface area (Å²) in [4.78, 5) is 9.40. The van der Waals surface area contributed by atoms with Crippen LogP contribution in [0, 0.1) is 11.3 Å². The van der Waals surface area contributed by atoms with Crippen molar-refractivity contribution in [3.8, 4) is 6.07 Å². The predicted molar refractivity (Wildman–Crippen MR) is 139 cm³/mol. The van der Waals surface area contributed by atoms with Crippen LogP contribution in [0.15, 0.2) is 78.9 Å². The van der Waals surface area contributed by atoms with Gasteiger partial charge in [-0.1, -0.05) is 60.7 Å². The van der Waals surface area contributed by atoms with E-state index < -0.39 is 0 Å². The lowest BCUT2D eigenvalue weighted by molar-refractivity contribution is 0.250. The van der Waals surface area contributed by atoms with Crippen molar-refractivity contribution < 1.29 is 0 Å². The van der Waals surface area contributed by atoms with Crippen molar-refractivity contribution in [2.75, 3.05) is 42.1 Å². The third-order valence-electron chi connectivity index (χ3n) is 6.41. The molecule has 2 heterocycles. The van der Waals surface area contributed by atoms with Gasteiger partial charge in [0, 0.05) is 50.3 Å². The Kier molecular flexibility index (Phi) is 6.28. The van der Waals surface area contributed by atoms with Crippen molar-refractivity contribution >= 4 is 28.1 Å². The Labute approximate surface area is 200 Å². The van der Waals surface area contributed by atoms with Gasteiger partial charge in [0.05, 0.1) is 11.2 Å². The zero-order chi connectivity index (χ0) is 23.3. The molecule has 170 valence electrons. The lowest BCUT2D eigenvalue weighted by Gasteiger charge is -2.36. The number of hydrogen-bond donors (Lipinski definition) is 2. The summed E-state index contributed by atoms with van der Waals surface area (Å²) in [6.45, 7) is 5.52. The van der Waals surface area contributed by atoms with Gasteiger partial charge in [-0.2, -0.15) is 5.26 Å². The van der Waals surface area contributed by atoms with Gasteiger partial charge in [0.25, 0.3) is 0 Å². The zero-order valence-electron chi connectivity index (χ0n) is 19.1. The number of nitriles is 1. The molecule has 0 saturated carbocycles. The molecule has 1 saturated heterocycles. The van der Waals surface area contributed by atoms with Gasteiger partial charge in [-0.15, -0.1) is 0 Å². The van der Waals surface area contributed by atoms with Crippen LogP contribution in [-0.4, -0.2) is 36.1 Å². The van der Waals surface area contributed by atoms with Gasteiger partial charge in [-0.05, 0) is 29.3 Å². The first kappa shape index (κ1) is 21.7. The fourth-order valence-corrected chi connectivity index (χ4v) is 4.56. The normalized spacial score (nSPS) is 14.1. The number of nitrogens with two attached hydrogens (primary N) is 1. The molecule has 0 atom stereocenters. The van der Waals surface area contributed by atoms with E-state index in [1.54, 1.807) is 0 Å². The highest BCUT2D eigenvalue weighted by molar-refractivity contribution is 5.98. The Bertz CT molecular complexity index is 1310. The Morgan fingerprint density at radius 3 is 2.24 bits per heavy atom. The van der Waals surface area contributed by atoms with E-state index in [-0.39, 0.29) is 5.82 Å². The van der Waals surface area contributed by atoms with Crippen LogP contribution < -0.4 is 16.0 Å². The average molecular weight is 449 g/mol. The van der Waals surface area contributed by atoms with Gasteiger partial charge >= 0.3 is 0 Å². The molecule has 0 radical (unpaired) electrons. The number of nitrogens with zero attached hydrogens (tertiary/aromatic N) is 4. The van der Waals surface area contributed by atoms with Crippen molar-refractivity contribution in [2.24, 2.45) is 0 Å². The maximum absolute atomic E-state index is 9.80. The molecule has 1 fully saturated rings. The molecular formula is C28H28N6. The van der Waals surface area contributed by atoms with E-state index >= 15 is 0 Å². The molecule has 1 aliphatic heterocycles. The summed E-state index contributed by atoms with van der Waals surface area (Å²) in [5.74, 6) is 0.257. The van der Waals surface area contributed by atoms with E-state index in [1.165, 1.54) is 5.56 Å². The monoisotopic (exact) mass is 448 g/mol. The van der Waals surface area contributed by atoms with Gasteiger partial charge in [-0.25, -0.2) is 4.98 Å². The largest absolute Gasteiger partial charge is 0.383 e. The topological polar surface area (TPSA) is 81.2 Å². The summed E-state index contributed by atoms with van der Waals surface area (Å²) in [6, 6.07) is 29.3. The van der Waals surface area contributed by atoms with Gasteiger partial charge in [0.1, 0.15) is 17.5 Å². The molecule has 0 unspecified atom stereocenters. The second kappa shape index (κ2) is 9.82. The molecule has 3 N–H and O–H groups in total. The first-order chi connectivity index (χ1) is 16.7. The fraction of sp³-hybridized carbons (Fsp3) is 0.214. The molecule has 0 amide bonds. The van der Waals surface area contributed by atoms with Crippen LogP contribution in [0.4, 0.5) is 17.2 Å². The number of hydrogen-bond acceptors (Lipinski definition) is 6. The van der Waals surface area contributed by atoms with Gasteiger partial charge in [-0.3, -0.25) is 4.90 Å². The molecule has 3 aromatic carbocycles. The van der Waals surface area contributed by atoms with Crippen LogP contribution in [0.5, 0.6) is 0 Å². The number of aromatic nitrogens is 1. The van der Waals surface area contributed by atoms with Crippen LogP contribution in [0.2, 0.25) is 0 Å². The quantitative estimate of drug-likeness (QED) is 0.448. The predicted octanol–water partition coefficient (Wildman–Crippen LogP) is 4.62. The molecule has 0 bridgehead atoms. The summed E-state index contributed by atoms with van der Waals surface area (Å²) in [7, 11) is 0. The Morgan fingerprint density at radius 1 is 0.882 bits per heavy atom. The first-order valence-corrected chi connectivity index (χ1v) is 11.6. The summed E-state index contributed by atoms with van der Waals surface area (Å²) in [5, 5.41) is 14.2. The number of anilines is 3. The van der Waals surface area contributed by atoms with Crippen molar-refractivity contribution in [1.29, 1.82) is 5.26 Å². The summed E-state index contributed by atoms with van der Waals surface area (Å²) < 4.78 is 0. The van der Waals surface area contributed by atoms with E-state index in [2.05, 4.69) is 80.8 Å². The second-order valence-corrected chi connectivity index (χ2v) is 8.65. The van der Waals surface area contributed by atoms with Crippen LogP contribution in [0.25, 0.3) is 10.9 Å². The summed E-state index contributed by atoms with van der Waals surface area (Å²) in [5.41, 5.74) is 11.7. The molecule has 1 aromatic heterocycles. The number of benzene rings is 3. The zero-order valence-corrected chi connectivity index (χ0v) is 19.1. The third-order valence-corrected chi connectivity index (χ3v) is 6.41. The third kappa shape index (κ3) is 4.66. The number of nitrogen functional groups attached to an aromatic ring is 1. The highest BCUT2D eigenvalue weighted by atomic mass is 15.3. The molecule has 6 heteroatoms. The Balaban J connectivity index is 1.38. The van der Waals surface area contributed by atoms with Crippen molar-refractivity contribution in [3.05, 3.63) is 95.6 Å². The maximum Gasteiger partial charge on any atom is 0.144 e. The molecule has 5 rings (SSSR count). The van der Waals surface area contributed by atoms with Gasteiger partial charge in [0.2, 0.25) is 0 Å². The minimum absolute atomic E-state index is 0.257. The Hall–Kier alpha value is -4.08. The van der Waals surface area contributed by atoms with Gasteiger partial charge < -0.3 is 16.0 Å². The number of nitrogens with one attached hydrogen (secondary N) is 1. The number of rotatable bonds is 6. The second-order valence-electron chi connectivity index (χ2n) is 8.65. The van der Waals surface area contributed by atoms with Gasteiger partial charge in [0.15, 0.2) is 0 Å². The molecule has 6 nitrogen and oxygen atoms in total. The van der Waals surface area contributed by atoms with Crippen LogP contribution in [0.3, 0.4) is 0 Å². The SMILES string of the molecule is N#Cc1c(N)nc2ccc(N3CCN(Cc4ccccc4)CC3)cc2c1NCc1ccccc1. The van der Waals surface area contributed by atoms with Crippen LogP contribution in [-0.2, 0) is 13.1 Å². The average Bonchev–Trinajstić information content (AvgIpc) is 2.88. The molecule has 0 aliphatic carbocycles. The van der Waals surface area contributed by atoms with Crippen molar-refractivity contribution in [1.82, 2.24) is 9.88 Å². The van der Waals surface area contributed by atoms with Crippen molar-refractivity contribution in [3.63, 3.8) is 0 Å². The molecule has 4 aromatic rings. The van der Waals surface area contributed by atoms with E-state index in [0.29, 0.717) is 12.1 Å². The van der Waals surface area contributed by atoms with E-state index in [1.807, 2.05) is 24.3 Å². The first-order valence-electron chi connectivity index (χ1n) is 11.6. The minimum atomic E-state index is 0.257. The molecule has 34 heavy (non-hydrogen) atoms. The number of pyridine rings is 1. The molecular weight excluding hydrogens is 420 g/mol. The summed E-state index contributed by atoms with van der Waals surface area (Å²) >= 11 is 0. The van der Waals surface area contributed by atoms with Crippen molar-refractivity contribution in [2.45, 2.75) is 13.1 Å². The minimum Gasteiger partial charge on any atom is -0.383 e. The van der Waals surface area contributed by atoms with Crippen LogP contribution >= 0.6 is 0 Å². The summed E-state index contributed by atoms with van der Waals surface area (Å²) in [6.07, 6.45) is 0. The molecule has 0 spiro atoms. The Morgan fingerprint density at radius 2 is 1.56 bits per heavy atom. The van der Waals surface area contributed by atoms with E-state index in [9.17, 15) is 5.26 Å². The lowest BCUT2D eigenvalue weighted by Crippen LogP contribution is -2.45. The standard InChI is InChI=1S/C28H28N6/c29-18-25-27(31-19-21-7-3-1-4-8-21)24-17-23(11-12-26(24)32-28(25)30)34-15-13-33(14-16-34)20-22-9-5-2-6-10-22/h1-12,17H,13-16,19-20H2,(H3,30,31,32). The fourth-order valence-electron chi connectivity index (χ4n) is 4.56. The highest BCUT2D eigenvalue weighted by Crippen LogP contribution is 2.33.